The van der Waals surface area contributed by atoms with Crippen molar-refractivity contribution in [3.8, 4) is 0 Å². The summed E-state index contributed by atoms with van der Waals surface area (Å²) in [5.74, 6) is -4.36. The van der Waals surface area contributed by atoms with E-state index < -0.39 is 47.0 Å². The van der Waals surface area contributed by atoms with Crippen LogP contribution in [0.1, 0.15) is 12.6 Å². The van der Waals surface area contributed by atoms with Gasteiger partial charge in [0.05, 0.1) is 17.4 Å². The zero-order chi connectivity index (χ0) is 28.6. The molecule has 2 aromatic rings. The second-order valence-corrected chi connectivity index (χ2v) is 11.1. The fraction of sp³-hybridized carbons (Fsp3) is 0.286. The third kappa shape index (κ3) is 5.55. The van der Waals surface area contributed by atoms with E-state index in [1.807, 2.05) is 0 Å². The van der Waals surface area contributed by atoms with E-state index >= 15 is 0 Å². The molecule has 18 heteroatoms. The number of nitrogens with zero attached hydrogens (tertiary/aromatic N) is 4. The van der Waals surface area contributed by atoms with Gasteiger partial charge in [0.2, 0.25) is 6.10 Å². The van der Waals surface area contributed by atoms with Gasteiger partial charge in [-0.2, -0.15) is 4.57 Å². The average Bonchev–Trinajstić information content (AvgIpc) is 3.21. The van der Waals surface area contributed by atoms with E-state index in [0.29, 0.717) is 16.9 Å². The second kappa shape index (κ2) is 11.0. The molecule has 4 rings (SSSR count). The van der Waals surface area contributed by atoms with E-state index in [-0.39, 0.29) is 33.2 Å². The number of nitrogens with one attached hydrogen (secondary N) is 1. The number of carbonyl (C=O) groups excluding carboxylic acids is 3. The van der Waals surface area contributed by atoms with Crippen LogP contribution in [0.4, 0.5) is 16.5 Å². The Morgan fingerprint density at radius 2 is 2.10 bits per heavy atom. The summed E-state index contributed by atoms with van der Waals surface area (Å²) in [6.45, 7) is 1.29. The van der Waals surface area contributed by atoms with Gasteiger partial charge in [0.15, 0.2) is 29.8 Å². The summed E-state index contributed by atoms with van der Waals surface area (Å²) in [5.41, 5.74) is 17.3. The molecule has 39 heavy (non-hydrogen) atoms. The lowest BCUT2D eigenvalue weighted by Crippen LogP contribution is -2.71. The van der Waals surface area contributed by atoms with Crippen molar-refractivity contribution in [1.29, 1.82) is 0 Å². The molecule has 15 nitrogen and oxygen atoms in total. The van der Waals surface area contributed by atoms with E-state index in [9.17, 15) is 24.3 Å². The zero-order valence-electron chi connectivity index (χ0n) is 20.0. The number of pyridine rings is 1. The minimum atomic E-state index is -1.56. The first-order valence-corrected chi connectivity index (χ1v) is 13.2. The number of hydrogen-bond donors (Lipinski definition) is 5. The van der Waals surface area contributed by atoms with Crippen molar-refractivity contribution in [1.82, 2.24) is 15.2 Å². The molecule has 206 valence electrons. The van der Waals surface area contributed by atoms with Gasteiger partial charge in [0.1, 0.15) is 27.1 Å². The fourth-order valence-corrected chi connectivity index (χ4v) is 5.99. The van der Waals surface area contributed by atoms with Crippen molar-refractivity contribution in [3.63, 3.8) is 0 Å². The Morgan fingerprint density at radius 3 is 2.69 bits per heavy atom. The number of carboxylic acid groups (broad SMARTS) is 2. The van der Waals surface area contributed by atoms with Crippen molar-refractivity contribution < 1.29 is 38.8 Å². The largest absolute Gasteiger partial charge is 0.543 e. The monoisotopic (exact) mass is 596 g/mol. The molecule has 0 spiro atoms. The molecule has 0 aromatic carbocycles. The molecule has 2 amide bonds. The molecule has 0 aliphatic carbocycles. The van der Waals surface area contributed by atoms with Gasteiger partial charge < -0.3 is 42.4 Å². The molecule has 3 atom stereocenters. The van der Waals surface area contributed by atoms with Crippen LogP contribution < -0.4 is 32.2 Å². The molecule has 0 radical (unpaired) electrons. The molecule has 0 bridgehead atoms. The van der Waals surface area contributed by atoms with Gasteiger partial charge in [-0.25, -0.2) is 9.78 Å². The summed E-state index contributed by atoms with van der Waals surface area (Å²) >= 11 is 8.18. The lowest BCUT2D eigenvalue weighted by atomic mass is 10.0. The standard InChI is InChI=1S/C21H21ClN8O7S2/c1-7(19(33)34)37-28-12(11-15(22)39-21(25)27-11)16(31)26-13-17(32)30-14(20(35)36)8(6-38-18(13)30)4-29-3-2-9(23)10(24)5-29/h2-3,5,7,13,18,23H,4,6,24H2,1H3,(H5,25,26,27,31,33,34,35,36)/b28-12-/t7-,13?,18?/m0/s1. The van der Waals surface area contributed by atoms with Crippen LogP contribution in [-0.4, -0.2) is 67.7 Å². The summed E-state index contributed by atoms with van der Waals surface area (Å²) in [5, 5.41) is 26.4. The number of thiazole rings is 1. The van der Waals surface area contributed by atoms with Gasteiger partial charge in [0, 0.05) is 17.4 Å². The molecule has 2 aromatic heterocycles. The van der Waals surface area contributed by atoms with Gasteiger partial charge in [-0.05, 0) is 6.92 Å². The number of aliphatic carboxylic acids is 2. The smallest absolute Gasteiger partial charge is 0.347 e. The third-order valence-electron chi connectivity index (χ3n) is 5.68. The van der Waals surface area contributed by atoms with Crippen LogP contribution in [0.25, 0.3) is 0 Å². The third-order valence-corrected chi connectivity index (χ3v) is 8.10. The molecule has 2 aliphatic rings. The number of nitrogens with two attached hydrogens (primary N) is 3. The second-order valence-electron chi connectivity index (χ2n) is 8.33. The summed E-state index contributed by atoms with van der Waals surface area (Å²) in [6, 6.07) is 0.422. The number of β-lactam (4-membered cyclic amide) rings is 1. The number of hydrogen-bond acceptors (Lipinski definition) is 13. The zero-order valence-corrected chi connectivity index (χ0v) is 22.4. The average molecular weight is 597 g/mol. The van der Waals surface area contributed by atoms with Crippen molar-refractivity contribution in [2.24, 2.45) is 5.16 Å². The van der Waals surface area contributed by atoms with Gasteiger partial charge in [-0.15, -0.1) is 11.8 Å². The van der Waals surface area contributed by atoms with Gasteiger partial charge in [0.25, 0.3) is 11.8 Å². The number of oxime groups is 1. The summed E-state index contributed by atoms with van der Waals surface area (Å²) < 4.78 is 1.60. The summed E-state index contributed by atoms with van der Waals surface area (Å²) in [7, 11) is 0. The maximum Gasteiger partial charge on any atom is 0.347 e. The van der Waals surface area contributed by atoms with Crippen molar-refractivity contribution in [3.05, 3.63) is 39.8 Å². The first-order valence-electron chi connectivity index (χ1n) is 11.0. The number of rotatable bonds is 9. The SMILES string of the molecule is C[C@H](O/N=C(\C(=O)NC1C(=O)N2C(C(=O)[O-])=C(C[n+]3ccc(N)c(N)c3)CSC12)c1nc(N)sc1Cl)C(=O)O. The van der Waals surface area contributed by atoms with Crippen LogP contribution in [0.15, 0.2) is 34.9 Å². The normalized spacial score (nSPS) is 19.7. The van der Waals surface area contributed by atoms with Crippen LogP contribution in [-0.2, 0) is 30.6 Å². The Kier molecular flexibility index (Phi) is 7.84. The van der Waals surface area contributed by atoms with E-state index in [4.69, 9.17) is 38.7 Å². The number of aromatic nitrogens is 2. The molecular formula is C21H21ClN8O7S2. The topological polar surface area (TPSA) is 243 Å². The Hall–Kier alpha value is -4.09. The van der Waals surface area contributed by atoms with Crippen LogP contribution in [0, 0.1) is 0 Å². The number of amides is 2. The highest BCUT2D eigenvalue weighted by atomic mass is 35.5. The molecule has 4 heterocycles. The maximum absolute atomic E-state index is 13.1. The number of carboxylic acids is 2. The van der Waals surface area contributed by atoms with Crippen LogP contribution in [0.2, 0.25) is 4.34 Å². The Morgan fingerprint density at radius 1 is 1.38 bits per heavy atom. The maximum atomic E-state index is 13.1. The highest BCUT2D eigenvalue weighted by Gasteiger charge is 2.53. The van der Waals surface area contributed by atoms with E-state index in [1.54, 1.807) is 16.8 Å². The summed E-state index contributed by atoms with van der Waals surface area (Å²) in [4.78, 5) is 59.2. The minimum Gasteiger partial charge on any atom is -0.543 e. The molecular weight excluding hydrogens is 576 g/mol. The Labute approximate surface area is 233 Å². The first kappa shape index (κ1) is 27.9. The highest BCUT2D eigenvalue weighted by Crippen LogP contribution is 2.40. The lowest BCUT2D eigenvalue weighted by molar-refractivity contribution is -0.688. The quantitative estimate of drug-likeness (QED) is 0.0924. The van der Waals surface area contributed by atoms with Crippen LogP contribution in [0.3, 0.4) is 0 Å². The number of nitrogen functional groups attached to an aromatic ring is 3. The number of halogens is 1. The van der Waals surface area contributed by atoms with Crippen LogP contribution >= 0.6 is 34.7 Å². The van der Waals surface area contributed by atoms with Crippen molar-refractivity contribution in [2.75, 3.05) is 23.0 Å². The number of thioether (sulfide) groups is 1. The molecule has 1 fully saturated rings. The Balaban J connectivity index is 1.56. The minimum absolute atomic E-state index is 0.00695. The van der Waals surface area contributed by atoms with E-state index in [0.717, 1.165) is 16.2 Å². The number of fused-ring (bicyclic) bond motifs is 1. The van der Waals surface area contributed by atoms with E-state index in [2.05, 4.69) is 15.5 Å². The predicted molar refractivity (Wildman–Crippen MR) is 139 cm³/mol. The van der Waals surface area contributed by atoms with Crippen molar-refractivity contribution in [2.45, 2.75) is 31.0 Å². The molecule has 0 saturated carbocycles. The number of anilines is 3. The van der Waals surface area contributed by atoms with Gasteiger partial charge in [-0.1, -0.05) is 28.1 Å². The molecule has 1 saturated heterocycles. The lowest BCUT2D eigenvalue weighted by Gasteiger charge is -2.50. The fourth-order valence-electron chi connectivity index (χ4n) is 3.72. The van der Waals surface area contributed by atoms with Crippen LogP contribution in [0.5, 0.6) is 0 Å². The summed E-state index contributed by atoms with van der Waals surface area (Å²) in [6.07, 6.45) is 1.74. The molecule has 2 aliphatic heterocycles. The van der Waals surface area contributed by atoms with Crippen molar-refractivity contribution >= 4 is 80.7 Å². The first-order chi connectivity index (χ1) is 18.4. The highest BCUT2D eigenvalue weighted by molar-refractivity contribution is 8.00. The Bertz CT molecular complexity index is 1450. The molecule has 2 unspecified atom stereocenters. The van der Waals surface area contributed by atoms with E-state index in [1.165, 1.54) is 24.9 Å². The van der Waals surface area contributed by atoms with Gasteiger partial charge in [-0.3, -0.25) is 14.5 Å². The number of carbonyl (C=O) groups is 4. The molecule has 8 N–H and O–H groups in total. The van der Waals surface area contributed by atoms with Gasteiger partial charge >= 0.3 is 5.97 Å². The predicted octanol–water partition coefficient (Wildman–Crippen LogP) is -1.87.